The van der Waals surface area contributed by atoms with Gasteiger partial charge in [0, 0.05) is 17.8 Å². The normalized spacial score (nSPS) is 14.8. The molecule has 0 bridgehead atoms. The summed E-state index contributed by atoms with van der Waals surface area (Å²) in [5.74, 6) is -0.0741. The van der Waals surface area contributed by atoms with Crippen molar-refractivity contribution < 1.29 is 19.1 Å². The molecule has 0 spiro atoms. The fourth-order valence-electron chi connectivity index (χ4n) is 4.50. The number of carbonyl (C=O) groups is 3. The lowest BCUT2D eigenvalue weighted by molar-refractivity contribution is -0.145. The van der Waals surface area contributed by atoms with E-state index in [1.165, 1.54) is 0 Å². The highest BCUT2D eigenvalue weighted by Gasteiger charge is 2.39. The van der Waals surface area contributed by atoms with Crippen molar-refractivity contribution in [3.05, 3.63) is 34.9 Å². The zero-order valence-electron chi connectivity index (χ0n) is 25.2. The van der Waals surface area contributed by atoms with E-state index < -0.39 is 23.8 Å². The smallest absolute Gasteiger partial charge is 0.408 e. The van der Waals surface area contributed by atoms with Crippen LogP contribution in [-0.2, 0) is 14.3 Å². The highest BCUT2D eigenvalue weighted by Crippen LogP contribution is 2.30. The third-order valence-electron chi connectivity index (χ3n) is 6.42. The second-order valence-corrected chi connectivity index (χ2v) is 12.3. The second-order valence-electron chi connectivity index (χ2n) is 11.9. The molecule has 3 amide bonds. The molecule has 4 atom stereocenters. The van der Waals surface area contributed by atoms with Gasteiger partial charge in [-0.05, 0) is 84.8 Å². The van der Waals surface area contributed by atoms with Crippen molar-refractivity contribution in [2.75, 3.05) is 5.75 Å². The maximum absolute atomic E-state index is 14.2. The number of alkyl carbamates (subject to hydrolysis) is 1. The lowest BCUT2D eigenvalue weighted by Gasteiger charge is -2.39. The SMILES string of the molecule is CCCC(C)NC(=O)C(c1ccc(C)cc1C)N(C(=O)C(CS)NC(=O)OC(C)(C)C)C(C)CCC(C)C. The number of carbonyl (C=O) groups excluding carboxylic acids is 3. The van der Waals surface area contributed by atoms with Crippen molar-refractivity contribution >= 4 is 30.5 Å². The molecule has 1 aromatic carbocycles. The Bertz CT molecular complexity index is 929. The predicted octanol–water partition coefficient (Wildman–Crippen LogP) is 6.13. The van der Waals surface area contributed by atoms with Crippen LogP contribution in [-0.4, -0.2) is 52.3 Å². The quantitative estimate of drug-likeness (QED) is 0.259. The lowest BCUT2D eigenvalue weighted by atomic mass is 9.93. The summed E-state index contributed by atoms with van der Waals surface area (Å²) in [6.07, 6.45) is 2.69. The fraction of sp³-hybridized carbons (Fsp3) is 0.700. The summed E-state index contributed by atoms with van der Waals surface area (Å²) in [4.78, 5) is 42.4. The van der Waals surface area contributed by atoms with Crippen LogP contribution in [0.25, 0.3) is 0 Å². The van der Waals surface area contributed by atoms with Gasteiger partial charge in [0.25, 0.3) is 0 Å². The number of nitrogens with one attached hydrogen (secondary N) is 2. The van der Waals surface area contributed by atoms with Crippen LogP contribution in [0.3, 0.4) is 0 Å². The number of aryl methyl sites for hydroxylation is 2. The van der Waals surface area contributed by atoms with Crippen LogP contribution < -0.4 is 10.6 Å². The molecule has 1 aromatic rings. The number of thiol groups is 1. The molecular weight excluding hydrogens is 498 g/mol. The fourth-order valence-corrected chi connectivity index (χ4v) is 4.75. The van der Waals surface area contributed by atoms with Crippen molar-refractivity contribution in [3.63, 3.8) is 0 Å². The number of ether oxygens (including phenoxy) is 1. The molecule has 0 fully saturated rings. The third kappa shape index (κ3) is 10.9. The molecule has 0 aliphatic carbocycles. The first-order valence-corrected chi connectivity index (χ1v) is 14.5. The molecule has 0 aromatic heterocycles. The van der Waals surface area contributed by atoms with Crippen LogP contribution in [0.1, 0.15) is 104 Å². The number of hydrogen-bond acceptors (Lipinski definition) is 5. The topological polar surface area (TPSA) is 87.7 Å². The molecule has 2 N–H and O–H groups in total. The molecule has 0 saturated carbocycles. The molecule has 0 aliphatic rings. The Hall–Kier alpha value is -2.22. The highest BCUT2D eigenvalue weighted by molar-refractivity contribution is 7.80. The third-order valence-corrected chi connectivity index (χ3v) is 6.78. The molecule has 1 rings (SSSR count). The summed E-state index contributed by atoms with van der Waals surface area (Å²) >= 11 is 4.40. The van der Waals surface area contributed by atoms with Crippen LogP contribution in [0.5, 0.6) is 0 Å². The number of hydrogen-bond donors (Lipinski definition) is 3. The van der Waals surface area contributed by atoms with E-state index in [9.17, 15) is 14.4 Å². The molecule has 7 nitrogen and oxygen atoms in total. The number of amides is 3. The van der Waals surface area contributed by atoms with Gasteiger partial charge in [-0.25, -0.2) is 4.79 Å². The highest BCUT2D eigenvalue weighted by atomic mass is 32.1. The van der Waals surface area contributed by atoms with E-state index in [-0.39, 0.29) is 29.7 Å². The molecule has 0 radical (unpaired) electrons. The van der Waals surface area contributed by atoms with Crippen LogP contribution in [0, 0.1) is 19.8 Å². The summed E-state index contributed by atoms with van der Waals surface area (Å²) in [5.41, 5.74) is 2.08. The van der Waals surface area contributed by atoms with E-state index in [4.69, 9.17) is 4.74 Å². The minimum absolute atomic E-state index is 0.0377. The van der Waals surface area contributed by atoms with Crippen LogP contribution in [0.4, 0.5) is 4.79 Å². The van der Waals surface area contributed by atoms with E-state index in [0.29, 0.717) is 12.3 Å². The van der Waals surface area contributed by atoms with Gasteiger partial charge < -0.3 is 20.3 Å². The average Bonchev–Trinajstić information content (AvgIpc) is 2.78. The molecule has 0 saturated heterocycles. The summed E-state index contributed by atoms with van der Waals surface area (Å²) in [5, 5.41) is 5.83. The van der Waals surface area contributed by atoms with Gasteiger partial charge in [-0.2, -0.15) is 12.6 Å². The van der Waals surface area contributed by atoms with Gasteiger partial charge in [0.15, 0.2) is 0 Å². The van der Waals surface area contributed by atoms with E-state index in [0.717, 1.165) is 36.0 Å². The number of rotatable bonds is 13. The minimum Gasteiger partial charge on any atom is -0.444 e. The van der Waals surface area contributed by atoms with Crippen molar-refractivity contribution in [1.82, 2.24) is 15.5 Å². The van der Waals surface area contributed by atoms with Gasteiger partial charge in [0.05, 0.1) is 0 Å². The Morgan fingerprint density at radius 1 is 1.00 bits per heavy atom. The van der Waals surface area contributed by atoms with Crippen LogP contribution in [0.15, 0.2) is 18.2 Å². The predicted molar refractivity (Wildman–Crippen MR) is 159 cm³/mol. The molecular formula is C30H51N3O4S. The average molecular weight is 550 g/mol. The van der Waals surface area contributed by atoms with Crippen LogP contribution >= 0.6 is 12.6 Å². The summed E-state index contributed by atoms with van der Waals surface area (Å²) in [7, 11) is 0. The Kier molecular flexibility index (Phi) is 13.7. The second kappa shape index (κ2) is 15.4. The molecule has 38 heavy (non-hydrogen) atoms. The van der Waals surface area contributed by atoms with Gasteiger partial charge in [0.2, 0.25) is 11.8 Å². The summed E-state index contributed by atoms with van der Waals surface area (Å²) in [6, 6.07) is 3.83. The standard InChI is InChI=1S/C30H51N3O4S/c1-11-12-22(6)31-27(34)26(24-16-14-20(4)17-21(24)5)33(23(7)15-13-19(2)3)28(35)25(18-38)32-29(36)37-30(8,9)10/h14,16-17,19,22-23,25-26,38H,11-13,15,18H2,1-10H3,(H,31,34)(H,32,36). The molecule has 0 aliphatic heterocycles. The Labute approximate surface area is 236 Å². The van der Waals surface area contributed by atoms with Gasteiger partial charge >= 0.3 is 6.09 Å². The minimum atomic E-state index is -0.955. The van der Waals surface area contributed by atoms with E-state index in [1.807, 2.05) is 45.9 Å². The van der Waals surface area contributed by atoms with Gasteiger partial charge in [-0.15, -0.1) is 0 Å². The molecule has 216 valence electrons. The van der Waals surface area contributed by atoms with Crippen LogP contribution in [0.2, 0.25) is 0 Å². The largest absolute Gasteiger partial charge is 0.444 e. The van der Waals surface area contributed by atoms with Crippen molar-refractivity contribution in [2.45, 2.75) is 125 Å². The first-order valence-electron chi connectivity index (χ1n) is 13.9. The molecule has 4 unspecified atom stereocenters. The zero-order valence-corrected chi connectivity index (χ0v) is 26.1. The van der Waals surface area contributed by atoms with Gasteiger partial charge in [-0.3, -0.25) is 9.59 Å². The van der Waals surface area contributed by atoms with Gasteiger partial charge in [-0.1, -0.05) is 51.0 Å². The van der Waals surface area contributed by atoms with Gasteiger partial charge in [0.1, 0.15) is 17.7 Å². The number of benzene rings is 1. The Balaban J connectivity index is 3.60. The molecule has 0 heterocycles. The molecule has 8 heteroatoms. The van der Waals surface area contributed by atoms with Crippen molar-refractivity contribution in [3.8, 4) is 0 Å². The monoisotopic (exact) mass is 549 g/mol. The van der Waals surface area contributed by atoms with E-state index in [2.05, 4.69) is 44.0 Å². The maximum atomic E-state index is 14.2. The van der Waals surface area contributed by atoms with E-state index in [1.54, 1.807) is 25.7 Å². The zero-order chi connectivity index (χ0) is 29.2. The van der Waals surface area contributed by atoms with Crippen molar-refractivity contribution in [2.24, 2.45) is 5.92 Å². The van der Waals surface area contributed by atoms with E-state index >= 15 is 0 Å². The summed E-state index contributed by atoms with van der Waals surface area (Å²) in [6.45, 7) is 19.6. The lowest BCUT2D eigenvalue weighted by Crippen LogP contribution is -2.56. The Morgan fingerprint density at radius 3 is 2.13 bits per heavy atom. The Morgan fingerprint density at radius 2 is 1.63 bits per heavy atom. The number of nitrogens with zero attached hydrogens (tertiary/aromatic N) is 1. The van der Waals surface area contributed by atoms with Crippen molar-refractivity contribution in [1.29, 1.82) is 0 Å². The summed E-state index contributed by atoms with van der Waals surface area (Å²) < 4.78 is 5.41. The maximum Gasteiger partial charge on any atom is 0.408 e. The first-order chi connectivity index (χ1) is 17.6. The first kappa shape index (κ1) is 33.8.